The molecule has 20 heavy (non-hydrogen) atoms. The molecule has 1 aliphatic heterocycles. The summed E-state index contributed by atoms with van der Waals surface area (Å²) in [6.45, 7) is 1.63. The first kappa shape index (κ1) is 13.1. The van der Waals surface area contributed by atoms with Gasteiger partial charge in [0.15, 0.2) is 11.0 Å². The van der Waals surface area contributed by atoms with Crippen molar-refractivity contribution in [2.75, 3.05) is 18.0 Å². The molecule has 2 heterocycles. The van der Waals surface area contributed by atoms with E-state index in [1.807, 2.05) is 18.2 Å². The van der Waals surface area contributed by atoms with Gasteiger partial charge in [0.1, 0.15) is 5.82 Å². The standard InChI is InChI=1S/C15H13ClFN3/c16-14-5-6-15(19-18-14)20-9-7-12(8-10-20)11-1-3-13(17)4-2-11/h1-7H,8-10H2. The van der Waals surface area contributed by atoms with Gasteiger partial charge in [0, 0.05) is 13.1 Å². The summed E-state index contributed by atoms with van der Waals surface area (Å²) in [6.07, 6.45) is 3.04. The highest BCUT2D eigenvalue weighted by Gasteiger charge is 2.14. The molecule has 1 aromatic heterocycles. The van der Waals surface area contributed by atoms with E-state index in [0.29, 0.717) is 5.15 Å². The van der Waals surface area contributed by atoms with E-state index < -0.39 is 0 Å². The van der Waals surface area contributed by atoms with Crippen LogP contribution in [0.5, 0.6) is 0 Å². The van der Waals surface area contributed by atoms with Gasteiger partial charge in [-0.2, -0.15) is 0 Å². The monoisotopic (exact) mass is 289 g/mol. The molecule has 2 aromatic rings. The van der Waals surface area contributed by atoms with E-state index >= 15 is 0 Å². The largest absolute Gasteiger partial charge is 0.351 e. The highest BCUT2D eigenvalue weighted by molar-refractivity contribution is 6.29. The van der Waals surface area contributed by atoms with Crippen molar-refractivity contribution in [3.8, 4) is 0 Å². The lowest BCUT2D eigenvalue weighted by Crippen LogP contribution is -2.29. The van der Waals surface area contributed by atoms with Crippen LogP contribution in [-0.2, 0) is 0 Å². The van der Waals surface area contributed by atoms with E-state index in [0.717, 1.165) is 30.9 Å². The third kappa shape index (κ3) is 2.80. The Hall–Kier alpha value is -1.94. The fraction of sp³-hybridized carbons (Fsp3) is 0.200. The summed E-state index contributed by atoms with van der Waals surface area (Å²) in [5, 5.41) is 8.33. The molecule has 0 radical (unpaired) electrons. The van der Waals surface area contributed by atoms with E-state index in [1.54, 1.807) is 6.07 Å². The Bertz CT molecular complexity index is 623. The summed E-state index contributed by atoms with van der Waals surface area (Å²) in [6, 6.07) is 10.2. The molecule has 3 nitrogen and oxygen atoms in total. The molecule has 0 bridgehead atoms. The van der Waals surface area contributed by atoms with Crippen molar-refractivity contribution in [1.82, 2.24) is 10.2 Å². The van der Waals surface area contributed by atoms with E-state index in [4.69, 9.17) is 11.6 Å². The first-order valence-corrected chi connectivity index (χ1v) is 6.79. The average molecular weight is 290 g/mol. The van der Waals surface area contributed by atoms with Gasteiger partial charge in [0.05, 0.1) is 0 Å². The summed E-state index contributed by atoms with van der Waals surface area (Å²) in [5.41, 5.74) is 2.32. The van der Waals surface area contributed by atoms with Crippen LogP contribution < -0.4 is 4.90 Å². The van der Waals surface area contributed by atoms with Crippen LogP contribution in [0, 0.1) is 5.82 Å². The quantitative estimate of drug-likeness (QED) is 0.846. The number of anilines is 1. The van der Waals surface area contributed by atoms with Crippen molar-refractivity contribution in [2.24, 2.45) is 0 Å². The molecule has 1 aromatic carbocycles. The van der Waals surface area contributed by atoms with Gasteiger partial charge in [-0.25, -0.2) is 4.39 Å². The minimum Gasteiger partial charge on any atom is -0.351 e. The molecular formula is C15H13ClFN3. The number of rotatable bonds is 2. The van der Waals surface area contributed by atoms with Crippen LogP contribution in [0.25, 0.3) is 5.57 Å². The maximum atomic E-state index is 12.9. The fourth-order valence-electron chi connectivity index (χ4n) is 2.28. The molecule has 1 aliphatic rings. The van der Waals surface area contributed by atoms with Crippen LogP contribution in [0.1, 0.15) is 12.0 Å². The Morgan fingerprint density at radius 1 is 1.05 bits per heavy atom. The second kappa shape index (κ2) is 5.59. The maximum Gasteiger partial charge on any atom is 0.151 e. The maximum absolute atomic E-state index is 12.9. The minimum atomic E-state index is -0.205. The summed E-state index contributed by atoms with van der Waals surface area (Å²) >= 11 is 5.73. The van der Waals surface area contributed by atoms with Crippen molar-refractivity contribution in [3.05, 3.63) is 59.0 Å². The molecular weight excluding hydrogens is 277 g/mol. The topological polar surface area (TPSA) is 29.0 Å². The average Bonchev–Trinajstić information content (AvgIpc) is 2.49. The zero-order valence-corrected chi connectivity index (χ0v) is 11.5. The third-order valence-corrected chi connectivity index (χ3v) is 3.57. The lowest BCUT2D eigenvalue weighted by atomic mass is 9.99. The molecule has 102 valence electrons. The van der Waals surface area contributed by atoms with Crippen LogP contribution in [0.2, 0.25) is 5.15 Å². The molecule has 0 unspecified atom stereocenters. The lowest BCUT2D eigenvalue weighted by molar-refractivity contribution is 0.627. The van der Waals surface area contributed by atoms with Gasteiger partial charge in [0.25, 0.3) is 0 Å². The minimum absolute atomic E-state index is 0.205. The van der Waals surface area contributed by atoms with E-state index in [9.17, 15) is 4.39 Å². The Balaban J connectivity index is 1.74. The molecule has 0 N–H and O–H groups in total. The first-order chi connectivity index (χ1) is 9.72. The zero-order chi connectivity index (χ0) is 13.9. The number of hydrogen-bond donors (Lipinski definition) is 0. The van der Waals surface area contributed by atoms with E-state index in [1.165, 1.54) is 17.7 Å². The number of nitrogens with zero attached hydrogens (tertiary/aromatic N) is 3. The molecule has 0 amide bonds. The van der Waals surface area contributed by atoms with Crippen molar-refractivity contribution in [3.63, 3.8) is 0 Å². The fourth-order valence-corrected chi connectivity index (χ4v) is 2.38. The van der Waals surface area contributed by atoms with Crippen LogP contribution in [0.4, 0.5) is 10.2 Å². The number of aromatic nitrogens is 2. The molecule has 0 saturated heterocycles. The van der Waals surface area contributed by atoms with Crippen LogP contribution >= 0.6 is 11.6 Å². The third-order valence-electron chi connectivity index (χ3n) is 3.37. The summed E-state index contributed by atoms with van der Waals surface area (Å²) in [5.74, 6) is 0.618. The van der Waals surface area contributed by atoms with Gasteiger partial charge >= 0.3 is 0 Å². The molecule has 0 aliphatic carbocycles. The van der Waals surface area contributed by atoms with Gasteiger partial charge < -0.3 is 4.90 Å². The first-order valence-electron chi connectivity index (χ1n) is 6.41. The molecule has 0 saturated carbocycles. The zero-order valence-electron chi connectivity index (χ0n) is 10.8. The second-order valence-corrected chi connectivity index (χ2v) is 5.03. The Morgan fingerprint density at radius 3 is 2.45 bits per heavy atom. The van der Waals surface area contributed by atoms with Crippen LogP contribution in [-0.4, -0.2) is 23.3 Å². The van der Waals surface area contributed by atoms with Crippen molar-refractivity contribution >= 4 is 23.0 Å². The highest BCUT2D eigenvalue weighted by atomic mass is 35.5. The second-order valence-electron chi connectivity index (χ2n) is 4.65. The summed E-state index contributed by atoms with van der Waals surface area (Å²) in [7, 11) is 0. The van der Waals surface area contributed by atoms with Gasteiger partial charge in [-0.1, -0.05) is 29.8 Å². The number of benzene rings is 1. The van der Waals surface area contributed by atoms with E-state index in [-0.39, 0.29) is 5.82 Å². The SMILES string of the molecule is Fc1ccc(C2=CCN(c3ccc(Cl)nn3)CC2)cc1. The molecule has 3 rings (SSSR count). The van der Waals surface area contributed by atoms with Gasteiger partial charge in [-0.05, 0) is 41.8 Å². The molecule has 0 atom stereocenters. The van der Waals surface area contributed by atoms with Gasteiger partial charge in [0.2, 0.25) is 0 Å². The number of hydrogen-bond acceptors (Lipinski definition) is 3. The predicted octanol–water partition coefficient (Wildman–Crippen LogP) is 3.56. The number of halogens is 2. The lowest BCUT2D eigenvalue weighted by Gasteiger charge is -2.27. The van der Waals surface area contributed by atoms with Crippen LogP contribution in [0.3, 0.4) is 0 Å². The van der Waals surface area contributed by atoms with E-state index in [2.05, 4.69) is 21.2 Å². The summed E-state index contributed by atoms with van der Waals surface area (Å²) in [4.78, 5) is 2.14. The van der Waals surface area contributed by atoms with Crippen molar-refractivity contribution < 1.29 is 4.39 Å². The Labute approximate surface area is 121 Å². The Kier molecular flexibility index (Phi) is 3.65. The molecule has 0 fully saturated rings. The Morgan fingerprint density at radius 2 is 1.85 bits per heavy atom. The smallest absolute Gasteiger partial charge is 0.151 e. The van der Waals surface area contributed by atoms with Gasteiger partial charge in [-0.15, -0.1) is 10.2 Å². The van der Waals surface area contributed by atoms with Crippen LogP contribution in [0.15, 0.2) is 42.5 Å². The highest BCUT2D eigenvalue weighted by Crippen LogP contribution is 2.24. The molecule has 0 spiro atoms. The normalized spacial score (nSPS) is 15.1. The predicted molar refractivity (Wildman–Crippen MR) is 78.2 cm³/mol. The van der Waals surface area contributed by atoms with Crippen molar-refractivity contribution in [2.45, 2.75) is 6.42 Å². The molecule has 5 heteroatoms. The van der Waals surface area contributed by atoms with Crippen molar-refractivity contribution in [1.29, 1.82) is 0 Å². The van der Waals surface area contributed by atoms with Gasteiger partial charge in [-0.3, -0.25) is 0 Å². The summed E-state index contributed by atoms with van der Waals surface area (Å²) < 4.78 is 12.9.